The maximum Gasteiger partial charge on any atom is 0.336 e. The zero-order chi connectivity index (χ0) is 15.4. The monoisotopic (exact) mass is 294 g/mol. The van der Waals surface area contributed by atoms with Crippen LogP contribution in [0.4, 0.5) is 0 Å². The van der Waals surface area contributed by atoms with Crippen molar-refractivity contribution in [1.82, 2.24) is 19.7 Å². The lowest BCUT2D eigenvalue weighted by Crippen LogP contribution is -1.99. The number of carboxylic acid groups (broad SMARTS) is 1. The van der Waals surface area contributed by atoms with Gasteiger partial charge < -0.3 is 9.67 Å². The highest BCUT2D eigenvalue weighted by Crippen LogP contribution is 2.18. The molecule has 2 aromatic heterocycles. The number of aromatic nitrogens is 4. The number of nitrogens with zero attached hydrogens (tertiary/aromatic N) is 3. The van der Waals surface area contributed by atoms with Gasteiger partial charge in [-0.1, -0.05) is 24.3 Å². The van der Waals surface area contributed by atoms with Gasteiger partial charge in [0.1, 0.15) is 0 Å². The maximum atomic E-state index is 11.4. The van der Waals surface area contributed by atoms with Gasteiger partial charge in [0.25, 0.3) is 0 Å². The average Bonchev–Trinajstić information content (AvgIpc) is 3.19. The van der Waals surface area contributed by atoms with Crippen LogP contribution in [0.25, 0.3) is 11.6 Å². The van der Waals surface area contributed by atoms with Crippen molar-refractivity contribution in [2.45, 2.75) is 6.54 Å². The minimum Gasteiger partial charge on any atom is -0.478 e. The van der Waals surface area contributed by atoms with Crippen LogP contribution in [0.2, 0.25) is 0 Å². The zero-order valence-electron chi connectivity index (χ0n) is 11.7. The summed E-state index contributed by atoms with van der Waals surface area (Å²) in [5.41, 5.74) is 2.70. The third-order valence-corrected chi connectivity index (χ3v) is 3.25. The fourth-order valence-corrected chi connectivity index (χ4v) is 2.14. The molecule has 0 radical (unpaired) electrons. The first-order valence-corrected chi connectivity index (χ1v) is 6.71. The van der Waals surface area contributed by atoms with E-state index in [4.69, 9.17) is 0 Å². The molecule has 0 aliphatic carbocycles. The molecule has 6 heteroatoms. The van der Waals surface area contributed by atoms with Crippen molar-refractivity contribution in [2.75, 3.05) is 0 Å². The van der Waals surface area contributed by atoms with Crippen LogP contribution >= 0.6 is 0 Å². The number of carboxylic acids is 1. The number of benzene rings is 1. The predicted molar refractivity (Wildman–Crippen MR) is 81.9 cm³/mol. The summed E-state index contributed by atoms with van der Waals surface area (Å²) in [6.07, 6.45) is 10.1. The Hall–Kier alpha value is -3.15. The molecule has 1 aromatic carbocycles. The molecule has 0 bridgehead atoms. The molecular formula is C16H14N4O2. The van der Waals surface area contributed by atoms with E-state index < -0.39 is 5.97 Å². The summed E-state index contributed by atoms with van der Waals surface area (Å²) in [6.45, 7) is 0.734. The van der Waals surface area contributed by atoms with E-state index in [1.807, 2.05) is 35.0 Å². The average molecular weight is 294 g/mol. The first kappa shape index (κ1) is 13.8. The number of aliphatic carboxylic acids is 1. The van der Waals surface area contributed by atoms with Gasteiger partial charge in [0.2, 0.25) is 0 Å². The molecule has 0 amide bonds. The largest absolute Gasteiger partial charge is 0.478 e. The number of imidazole rings is 1. The molecule has 110 valence electrons. The summed E-state index contributed by atoms with van der Waals surface area (Å²) in [5, 5.41) is 15.7. The minimum atomic E-state index is -0.983. The molecule has 0 aliphatic heterocycles. The number of hydrogen-bond acceptors (Lipinski definition) is 3. The van der Waals surface area contributed by atoms with E-state index in [1.165, 1.54) is 6.20 Å². The Kier molecular flexibility index (Phi) is 3.82. The second-order valence-electron chi connectivity index (χ2n) is 4.83. The van der Waals surface area contributed by atoms with Gasteiger partial charge in [0.15, 0.2) is 0 Å². The van der Waals surface area contributed by atoms with Crippen molar-refractivity contribution in [3.05, 3.63) is 72.1 Å². The molecule has 3 aromatic rings. The molecular weight excluding hydrogens is 280 g/mol. The Labute approximate surface area is 126 Å². The fourth-order valence-electron chi connectivity index (χ4n) is 2.14. The number of hydrogen-bond donors (Lipinski definition) is 2. The second-order valence-corrected chi connectivity index (χ2v) is 4.83. The third-order valence-electron chi connectivity index (χ3n) is 3.25. The first-order valence-electron chi connectivity index (χ1n) is 6.71. The van der Waals surface area contributed by atoms with Gasteiger partial charge in [0, 0.05) is 30.7 Å². The van der Waals surface area contributed by atoms with E-state index in [1.54, 1.807) is 24.8 Å². The fraction of sp³-hybridized carbons (Fsp3) is 0.0625. The van der Waals surface area contributed by atoms with Gasteiger partial charge in [-0.25, -0.2) is 9.78 Å². The number of aromatic amines is 1. The number of H-pyrrole nitrogens is 1. The summed E-state index contributed by atoms with van der Waals surface area (Å²) >= 11 is 0. The SMILES string of the molecule is O=C(O)/C(=C/c1ccc(Cn2ccnc2)cc1)c1cn[nH]c1. The van der Waals surface area contributed by atoms with Crippen molar-refractivity contribution in [1.29, 1.82) is 0 Å². The van der Waals surface area contributed by atoms with Crippen LogP contribution in [-0.2, 0) is 11.3 Å². The summed E-state index contributed by atoms with van der Waals surface area (Å²) in [6, 6.07) is 7.74. The first-order chi connectivity index (χ1) is 10.7. The highest BCUT2D eigenvalue weighted by molar-refractivity contribution is 6.20. The van der Waals surface area contributed by atoms with Gasteiger partial charge >= 0.3 is 5.97 Å². The predicted octanol–water partition coefficient (Wildman–Crippen LogP) is 2.28. The van der Waals surface area contributed by atoms with Gasteiger partial charge in [-0.3, -0.25) is 5.10 Å². The molecule has 0 atom stereocenters. The van der Waals surface area contributed by atoms with E-state index in [9.17, 15) is 9.90 Å². The van der Waals surface area contributed by atoms with E-state index in [0.29, 0.717) is 5.56 Å². The summed E-state index contributed by atoms with van der Waals surface area (Å²) in [5.74, 6) is -0.983. The van der Waals surface area contributed by atoms with Crippen LogP contribution in [0.5, 0.6) is 0 Å². The van der Waals surface area contributed by atoms with Gasteiger partial charge in [0.05, 0.1) is 18.1 Å². The highest BCUT2D eigenvalue weighted by atomic mass is 16.4. The molecule has 3 rings (SSSR count). The summed E-state index contributed by atoms with van der Waals surface area (Å²) < 4.78 is 1.97. The Balaban J connectivity index is 1.82. The third kappa shape index (κ3) is 3.12. The minimum absolute atomic E-state index is 0.205. The van der Waals surface area contributed by atoms with Crippen LogP contribution in [-0.4, -0.2) is 30.8 Å². The molecule has 0 unspecified atom stereocenters. The van der Waals surface area contributed by atoms with Crippen LogP contribution in [0.3, 0.4) is 0 Å². The lowest BCUT2D eigenvalue weighted by Gasteiger charge is -2.04. The molecule has 2 heterocycles. The molecule has 0 saturated carbocycles. The molecule has 0 spiro atoms. The van der Waals surface area contributed by atoms with Crippen LogP contribution < -0.4 is 0 Å². The molecule has 0 saturated heterocycles. The Morgan fingerprint density at radius 3 is 2.73 bits per heavy atom. The lowest BCUT2D eigenvalue weighted by molar-refractivity contribution is -0.130. The Morgan fingerprint density at radius 2 is 2.14 bits per heavy atom. The van der Waals surface area contributed by atoms with Crippen molar-refractivity contribution >= 4 is 17.6 Å². The van der Waals surface area contributed by atoms with E-state index >= 15 is 0 Å². The smallest absolute Gasteiger partial charge is 0.336 e. The van der Waals surface area contributed by atoms with Crippen LogP contribution in [0, 0.1) is 0 Å². The van der Waals surface area contributed by atoms with E-state index in [2.05, 4.69) is 15.2 Å². The normalized spacial score (nSPS) is 11.5. The lowest BCUT2D eigenvalue weighted by atomic mass is 10.0. The molecule has 0 aliphatic rings. The Morgan fingerprint density at radius 1 is 1.32 bits per heavy atom. The highest BCUT2D eigenvalue weighted by Gasteiger charge is 2.11. The van der Waals surface area contributed by atoms with E-state index in [-0.39, 0.29) is 5.57 Å². The quantitative estimate of drug-likeness (QED) is 0.707. The Bertz CT molecular complexity index is 772. The zero-order valence-corrected chi connectivity index (χ0v) is 11.7. The van der Waals surface area contributed by atoms with Crippen molar-refractivity contribution in [3.63, 3.8) is 0 Å². The van der Waals surface area contributed by atoms with Crippen molar-refractivity contribution in [2.24, 2.45) is 0 Å². The number of rotatable bonds is 5. The van der Waals surface area contributed by atoms with Crippen molar-refractivity contribution < 1.29 is 9.90 Å². The number of carbonyl (C=O) groups is 1. The molecule has 6 nitrogen and oxygen atoms in total. The van der Waals surface area contributed by atoms with Crippen LogP contribution in [0.15, 0.2) is 55.4 Å². The summed E-state index contributed by atoms with van der Waals surface area (Å²) in [4.78, 5) is 15.4. The van der Waals surface area contributed by atoms with Gasteiger partial charge in [-0.2, -0.15) is 5.10 Å². The maximum absolute atomic E-state index is 11.4. The standard InChI is InChI=1S/C16H14N4O2/c21-16(22)15(14-8-18-19-9-14)7-12-1-3-13(4-2-12)10-20-6-5-17-11-20/h1-9,11H,10H2,(H,18,19)(H,21,22)/b15-7+. The molecule has 22 heavy (non-hydrogen) atoms. The van der Waals surface area contributed by atoms with Crippen LogP contribution in [0.1, 0.15) is 16.7 Å². The molecule has 2 N–H and O–H groups in total. The van der Waals surface area contributed by atoms with E-state index in [0.717, 1.165) is 17.7 Å². The number of nitrogens with one attached hydrogen (secondary N) is 1. The van der Waals surface area contributed by atoms with Gasteiger partial charge in [-0.05, 0) is 17.2 Å². The molecule has 0 fully saturated rings. The topological polar surface area (TPSA) is 83.8 Å². The van der Waals surface area contributed by atoms with Crippen molar-refractivity contribution in [3.8, 4) is 0 Å². The van der Waals surface area contributed by atoms with Gasteiger partial charge in [-0.15, -0.1) is 0 Å². The second kappa shape index (κ2) is 6.09. The summed E-state index contributed by atoms with van der Waals surface area (Å²) in [7, 11) is 0.